The molecule has 0 saturated carbocycles. The van der Waals surface area contributed by atoms with Crippen LogP contribution in [-0.4, -0.2) is 23.7 Å². The van der Waals surface area contributed by atoms with Gasteiger partial charge < -0.3 is 14.6 Å². The van der Waals surface area contributed by atoms with Crippen LogP contribution in [0.3, 0.4) is 0 Å². The van der Waals surface area contributed by atoms with Crippen LogP contribution in [0.15, 0.2) is 54.6 Å². The molecule has 0 aliphatic carbocycles. The topological polar surface area (TPSA) is 67.3 Å². The number of nitrogens with one attached hydrogen (secondary N) is 3. The monoisotopic (exact) mass is 392 g/mol. The van der Waals surface area contributed by atoms with Gasteiger partial charge in [-0.25, -0.2) is 10.9 Å². The number of benzene rings is 2. The summed E-state index contributed by atoms with van der Waals surface area (Å²) in [5, 5.41) is 4.34. The molecule has 1 amide bonds. The minimum atomic E-state index is -0.0771. The van der Waals surface area contributed by atoms with E-state index in [4.69, 9.17) is 4.74 Å². The zero-order valence-electron chi connectivity index (χ0n) is 16.9. The fraction of sp³-hybridized carbons (Fsp3) is 0.348. The number of fused-ring (bicyclic) bond motifs is 1. The maximum absolute atomic E-state index is 12.4. The van der Waals surface area contributed by atoms with Crippen LogP contribution in [0.2, 0.25) is 0 Å². The summed E-state index contributed by atoms with van der Waals surface area (Å²) in [6.45, 7) is 3.08. The van der Waals surface area contributed by atoms with Gasteiger partial charge in [-0.05, 0) is 48.6 Å². The quantitative estimate of drug-likeness (QED) is 0.577. The molecule has 2 unspecified atom stereocenters. The summed E-state index contributed by atoms with van der Waals surface area (Å²) >= 11 is 0. The lowest BCUT2D eigenvalue weighted by Gasteiger charge is -2.14. The van der Waals surface area contributed by atoms with Crippen molar-refractivity contribution in [1.82, 2.24) is 20.7 Å². The second kappa shape index (κ2) is 8.68. The van der Waals surface area contributed by atoms with Crippen LogP contribution < -0.4 is 20.9 Å². The number of hydrogen-bond donors (Lipinski definition) is 3. The van der Waals surface area contributed by atoms with Crippen molar-refractivity contribution in [1.29, 1.82) is 0 Å². The van der Waals surface area contributed by atoms with Gasteiger partial charge in [0.2, 0.25) is 5.91 Å². The largest absolute Gasteiger partial charge is 0.497 e. The number of aryl methyl sites for hydroxylation is 2. The van der Waals surface area contributed by atoms with Crippen LogP contribution in [0.25, 0.3) is 10.9 Å². The molecule has 6 nitrogen and oxygen atoms in total. The zero-order chi connectivity index (χ0) is 20.2. The molecule has 1 aromatic heterocycles. The Morgan fingerprint density at radius 3 is 2.72 bits per heavy atom. The molecular weight excluding hydrogens is 364 g/mol. The van der Waals surface area contributed by atoms with Gasteiger partial charge in [0.25, 0.3) is 0 Å². The highest BCUT2D eigenvalue weighted by atomic mass is 16.5. The second-order valence-corrected chi connectivity index (χ2v) is 7.42. The molecule has 6 heteroatoms. The highest BCUT2D eigenvalue weighted by molar-refractivity contribution is 5.81. The van der Waals surface area contributed by atoms with Crippen molar-refractivity contribution in [2.24, 2.45) is 0 Å². The van der Waals surface area contributed by atoms with Gasteiger partial charge >= 0.3 is 0 Å². The number of carbonyl (C=O) groups excluding carboxylic acids is 1. The van der Waals surface area contributed by atoms with Crippen LogP contribution in [-0.2, 0) is 17.8 Å². The molecule has 0 bridgehead atoms. The molecular formula is C23H28N4O2. The summed E-state index contributed by atoms with van der Waals surface area (Å²) < 4.78 is 7.51. The minimum Gasteiger partial charge on any atom is -0.497 e. The van der Waals surface area contributed by atoms with Crippen LogP contribution in [0.1, 0.15) is 37.1 Å². The molecule has 3 N–H and O–H groups in total. The number of carbonyl (C=O) groups is 1. The van der Waals surface area contributed by atoms with E-state index in [1.165, 1.54) is 16.6 Å². The van der Waals surface area contributed by atoms with Gasteiger partial charge in [-0.1, -0.05) is 30.3 Å². The molecule has 3 aromatic rings. The van der Waals surface area contributed by atoms with Gasteiger partial charge in [-0.15, -0.1) is 0 Å². The Balaban J connectivity index is 1.33. The summed E-state index contributed by atoms with van der Waals surface area (Å²) in [7, 11) is 1.65. The highest BCUT2D eigenvalue weighted by Gasteiger charge is 2.28. The molecule has 0 radical (unpaired) electrons. The minimum absolute atomic E-state index is 0.0526. The van der Waals surface area contributed by atoms with Crippen molar-refractivity contribution in [3.8, 4) is 5.75 Å². The third-order valence-electron chi connectivity index (χ3n) is 5.55. The van der Waals surface area contributed by atoms with Gasteiger partial charge in [0.1, 0.15) is 5.75 Å². The number of hydrogen-bond acceptors (Lipinski definition) is 4. The number of rotatable bonds is 7. The van der Waals surface area contributed by atoms with Crippen molar-refractivity contribution in [2.45, 2.75) is 44.9 Å². The zero-order valence-corrected chi connectivity index (χ0v) is 16.9. The van der Waals surface area contributed by atoms with Crippen molar-refractivity contribution < 1.29 is 9.53 Å². The van der Waals surface area contributed by atoms with Gasteiger partial charge in [-0.2, -0.15) is 0 Å². The molecule has 1 saturated heterocycles. The smallest absolute Gasteiger partial charge is 0.221 e. The summed E-state index contributed by atoms with van der Waals surface area (Å²) in [6, 6.07) is 18.7. The lowest BCUT2D eigenvalue weighted by molar-refractivity contribution is -0.121. The molecule has 2 heterocycles. The average Bonchev–Trinajstić information content (AvgIpc) is 3.36. The van der Waals surface area contributed by atoms with E-state index < -0.39 is 0 Å². The fourth-order valence-corrected chi connectivity index (χ4v) is 4.03. The maximum atomic E-state index is 12.4. The Kier molecular flexibility index (Phi) is 5.83. The van der Waals surface area contributed by atoms with Gasteiger partial charge in [0.05, 0.1) is 19.3 Å². The van der Waals surface area contributed by atoms with E-state index in [9.17, 15) is 4.79 Å². The van der Waals surface area contributed by atoms with E-state index in [0.29, 0.717) is 12.8 Å². The van der Waals surface area contributed by atoms with Crippen molar-refractivity contribution in [2.75, 3.05) is 7.11 Å². The number of amides is 1. The summed E-state index contributed by atoms with van der Waals surface area (Å²) in [5.41, 5.74) is 10.2. The fourth-order valence-electron chi connectivity index (χ4n) is 4.03. The number of nitrogens with zero attached hydrogens (tertiary/aromatic N) is 1. The van der Waals surface area contributed by atoms with E-state index in [-0.39, 0.29) is 18.1 Å². The number of methoxy groups -OCH3 is 1. The Morgan fingerprint density at radius 1 is 1.17 bits per heavy atom. The molecule has 152 valence electrons. The highest BCUT2D eigenvalue weighted by Crippen LogP contribution is 2.28. The van der Waals surface area contributed by atoms with Gasteiger partial charge in [0, 0.05) is 30.6 Å². The van der Waals surface area contributed by atoms with E-state index >= 15 is 0 Å². The van der Waals surface area contributed by atoms with Crippen LogP contribution >= 0.6 is 0 Å². The average molecular weight is 393 g/mol. The van der Waals surface area contributed by atoms with Crippen LogP contribution in [0.4, 0.5) is 0 Å². The Morgan fingerprint density at radius 2 is 1.97 bits per heavy atom. The first kappa shape index (κ1) is 19.5. The van der Waals surface area contributed by atoms with E-state index in [1.807, 2.05) is 24.3 Å². The SMILES string of the molecule is CCn1c(C2CC(NC(=O)CCc3ccc(OC)cc3)NN2)cc2ccccc21. The first-order valence-corrected chi connectivity index (χ1v) is 10.2. The molecule has 29 heavy (non-hydrogen) atoms. The predicted octanol–water partition coefficient (Wildman–Crippen LogP) is 3.28. The summed E-state index contributed by atoms with van der Waals surface area (Å²) in [6.07, 6.45) is 1.91. The van der Waals surface area contributed by atoms with Crippen molar-refractivity contribution in [3.63, 3.8) is 0 Å². The third kappa shape index (κ3) is 4.28. The number of hydrazine groups is 1. The lowest BCUT2D eigenvalue weighted by atomic mass is 10.1. The lowest BCUT2D eigenvalue weighted by Crippen LogP contribution is -2.44. The summed E-state index contributed by atoms with van der Waals surface area (Å²) in [4.78, 5) is 12.4. The number of para-hydroxylation sites is 1. The van der Waals surface area contributed by atoms with Crippen LogP contribution in [0.5, 0.6) is 5.75 Å². The standard InChI is InChI=1S/C23H28N4O2/c1-3-27-20-7-5-4-6-17(20)14-21(27)19-15-22(26-25-19)24-23(28)13-10-16-8-11-18(29-2)12-9-16/h4-9,11-12,14,19,22,25-26H,3,10,13,15H2,1-2H3,(H,24,28). The van der Waals surface area contributed by atoms with Gasteiger partial charge in [-0.3, -0.25) is 4.79 Å². The predicted molar refractivity (Wildman–Crippen MR) is 114 cm³/mol. The maximum Gasteiger partial charge on any atom is 0.221 e. The van der Waals surface area contributed by atoms with Crippen LogP contribution in [0, 0.1) is 0 Å². The molecule has 4 rings (SSSR count). The molecule has 0 spiro atoms. The van der Waals surface area contributed by atoms with E-state index in [0.717, 1.165) is 24.3 Å². The van der Waals surface area contributed by atoms with Crippen molar-refractivity contribution in [3.05, 3.63) is 65.9 Å². The van der Waals surface area contributed by atoms with Gasteiger partial charge in [0.15, 0.2) is 0 Å². The second-order valence-electron chi connectivity index (χ2n) is 7.42. The first-order chi connectivity index (χ1) is 14.2. The van der Waals surface area contributed by atoms with Crippen molar-refractivity contribution >= 4 is 16.8 Å². The number of aromatic nitrogens is 1. The Hall–Kier alpha value is -2.83. The third-order valence-corrected chi connectivity index (χ3v) is 5.55. The van der Waals surface area contributed by atoms with E-state index in [2.05, 4.69) is 58.0 Å². The molecule has 2 atom stereocenters. The molecule has 1 fully saturated rings. The number of ether oxygens (including phenoxy) is 1. The first-order valence-electron chi connectivity index (χ1n) is 10.2. The summed E-state index contributed by atoms with van der Waals surface area (Å²) in [5.74, 6) is 0.881. The molecule has 2 aromatic carbocycles. The molecule has 1 aliphatic heterocycles. The molecule has 1 aliphatic rings. The normalized spacial score (nSPS) is 18.8. The van der Waals surface area contributed by atoms with E-state index in [1.54, 1.807) is 7.11 Å². The Labute approximate surface area is 171 Å². The Bertz CT molecular complexity index is 980.